The number of fused-ring (bicyclic) bond motifs is 1. The van der Waals surface area contributed by atoms with Crippen molar-refractivity contribution >= 4 is 11.6 Å². The highest BCUT2D eigenvalue weighted by molar-refractivity contribution is 5.62. The van der Waals surface area contributed by atoms with Gasteiger partial charge >= 0.3 is 18.5 Å². The van der Waals surface area contributed by atoms with Crippen molar-refractivity contribution in [2.75, 3.05) is 23.0 Å². The summed E-state index contributed by atoms with van der Waals surface area (Å²) in [6.07, 6.45) is -9.74. The van der Waals surface area contributed by atoms with Crippen molar-refractivity contribution in [3.05, 3.63) is 64.2 Å². The van der Waals surface area contributed by atoms with E-state index in [1.807, 2.05) is 6.92 Å². The Hall–Kier alpha value is -3.56. The maximum absolute atomic E-state index is 14.1. The van der Waals surface area contributed by atoms with Crippen LogP contribution in [0.25, 0.3) is 0 Å². The van der Waals surface area contributed by atoms with E-state index < -0.39 is 47.8 Å². The Labute approximate surface area is 271 Å². The number of aliphatic hydroxyl groups excluding tert-OH is 1. The number of hydrogen-bond acceptors (Lipinski definition) is 6. The standard InChI is InChI=1S/C32H37F9N6O/c1-3-25-16-28(26-15-22(30(33,34)35)8-9-27(26)46(25)17-20-6-4-19(5-7-20)10-11-48)47(29-42-44-45(2)43-29)18-21-12-23(31(36,37)38)14-24(13-21)32(39,40)41/h8-9,12-15,19-20,25,28,48H,3-7,10-11,16-18H2,1-2H3. The molecule has 0 radical (unpaired) electrons. The Balaban J connectivity index is 1.60. The second-order valence-corrected chi connectivity index (χ2v) is 12.8. The fourth-order valence-corrected chi connectivity index (χ4v) is 7.08. The van der Waals surface area contributed by atoms with Crippen LogP contribution in [0, 0.1) is 11.8 Å². The summed E-state index contributed by atoms with van der Waals surface area (Å²) in [5.41, 5.74) is -3.58. The van der Waals surface area contributed by atoms with Gasteiger partial charge < -0.3 is 14.9 Å². The topological polar surface area (TPSA) is 70.3 Å². The molecule has 2 unspecified atom stereocenters. The molecule has 1 N–H and O–H groups in total. The number of alkyl halides is 9. The van der Waals surface area contributed by atoms with Gasteiger partial charge in [-0.2, -0.15) is 44.3 Å². The first-order chi connectivity index (χ1) is 22.5. The number of aromatic nitrogens is 4. The molecule has 1 aromatic heterocycles. The molecule has 2 atom stereocenters. The summed E-state index contributed by atoms with van der Waals surface area (Å²) in [6.45, 7) is 2.05. The van der Waals surface area contributed by atoms with Crippen LogP contribution in [0.5, 0.6) is 0 Å². The molecule has 5 rings (SSSR count). The first kappa shape index (κ1) is 35.7. The molecule has 48 heavy (non-hydrogen) atoms. The maximum Gasteiger partial charge on any atom is 0.416 e. The molecule has 16 heteroatoms. The average Bonchev–Trinajstić information content (AvgIpc) is 3.45. The molecular formula is C32H37F9N6O. The Bertz CT molecular complexity index is 1510. The molecule has 1 aliphatic heterocycles. The smallest absolute Gasteiger partial charge is 0.396 e. The summed E-state index contributed by atoms with van der Waals surface area (Å²) >= 11 is 0. The second-order valence-electron chi connectivity index (χ2n) is 12.8. The van der Waals surface area contributed by atoms with E-state index in [0.717, 1.165) is 49.0 Å². The Kier molecular flexibility index (Phi) is 10.2. The maximum atomic E-state index is 14.1. The predicted octanol–water partition coefficient (Wildman–Crippen LogP) is 8.19. The van der Waals surface area contributed by atoms with Crippen molar-refractivity contribution < 1.29 is 44.6 Å². The lowest BCUT2D eigenvalue weighted by molar-refractivity contribution is -0.143. The number of tetrazole rings is 1. The SMILES string of the molecule is CCC1CC(N(Cc2cc(C(F)(F)F)cc(C(F)(F)F)c2)c2nnn(C)n2)c2cc(C(F)(F)F)ccc2N1CC1CCC(CCO)CC1. The lowest BCUT2D eigenvalue weighted by atomic mass is 9.79. The molecule has 2 aromatic carbocycles. The van der Waals surface area contributed by atoms with E-state index in [0.29, 0.717) is 36.7 Å². The van der Waals surface area contributed by atoms with Crippen LogP contribution in [0.2, 0.25) is 0 Å². The van der Waals surface area contributed by atoms with Gasteiger partial charge in [-0.25, -0.2) is 0 Å². The van der Waals surface area contributed by atoms with Gasteiger partial charge in [0.15, 0.2) is 0 Å². The van der Waals surface area contributed by atoms with Crippen molar-refractivity contribution in [1.29, 1.82) is 0 Å². The number of anilines is 2. The summed E-state index contributed by atoms with van der Waals surface area (Å²) < 4.78 is 125. The highest BCUT2D eigenvalue weighted by Gasteiger charge is 2.41. The third kappa shape index (κ3) is 8.00. The second kappa shape index (κ2) is 13.7. The molecule has 2 heterocycles. The molecule has 264 valence electrons. The fraction of sp³-hybridized carbons (Fsp3) is 0.594. The van der Waals surface area contributed by atoms with Gasteiger partial charge in [-0.15, -0.1) is 5.10 Å². The van der Waals surface area contributed by atoms with E-state index in [-0.39, 0.29) is 48.1 Å². The van der Waals surface area contributed by atoms with Crippen LogP contribution in [0.4, 0.5) is 51.1 Å². The van der Waals surface area contributed by atoms with Crippen molar-refractivity contribution in [2.45, 2.75) is 89.0 Å². The van der Waals surface area contributed by atoms with Crippen molar-refractivity contribution in [3.63, 3.8) is 0 Å². The van der Waals surface area contributed by atoms with E-state index in [1.165, 1.54) is 18.0 Å². The number of nitrogens with zero attached hydrogens (tertiary/aromatic N) is 6. The number of aliphatic hydroxyl groups is 1. The van der Waals surface area contributed by atoms with Crippen molar-refractivity contribution in [1.82, 2.24) is 20.2 Å². The van der Waals surface area contributed by atoms with E-state index in [9.17, 15) is 44.6 Å². The third-order valence-electron chi connectivity index (χ3n) is 9.52. The van der Waals surface area contributed by atoms with Crippen LogP contribution < -0.4 is 9.80 Å². The third-order valence-corrected chi connectivity index (χ3v) is 9.52. The lowest BCUT2D eigenvalue weighted by Gasteiger charge is -2.47. The minimum absolute atomic E-state index is 0.0300. The summed E-state index contributed by atoms with van der Waals surface area (Å²) in [5, 5.41) is 21.3. The summed E-state index contributed by atoms with van der Waals surface area (Å²) in [4.78, 5) is 4.50. The minimum Gasteiger partial charge on any atom is -0.396 e. The highest BCUT2D eigenvalue weighted by atomic mass is 19.4. The molecule has 1 saturated carbocycles. The number of rotatable bonds is 9. The molecular weight excluding hydrogens is 655 g/mol. The summed E-state index contributed by atoms with van der Waals surface area (Å²) in [7, 11) is 1.42. The van der Waals surface area contributed by atoms with E-state index >= 15 is 0 Å². The summed E-state index contributed by atoms with van der Waals surface area (Å²) in [6, 6.07) is 3.47. The lowest BCUT2D eigenvalue weighted by Crippen LogP contribution is -2.47. The highest BCUT2D eigenvalue weighted by Crippen LogP contribution is 2.47. The van der Waals surface area contributed by atoms with E-state index in [4.69, 9.17) is 0 Å². The van der Waals surface area contributed by atoms with Gasteiger partial charge in [0.25, 0.3) is 5.95 Å². The Morgan fingerprint density at radius 1 is 0.833 bits per heavy atom. The summed E-state index contributed by atoms with van der Waals surface area (Å²) in [5.74, 6) is 0.522. The normalized spacial score (nSPS) is 22.1. The zero-order valence-corrected chi connectivity index (χ0v) is 26.4. The first-order valence-electron chi connectivity index (χ1n) is 15.9. The van der Waals surface area contributed by atoms with Crippen molar-refractivity contribution in [3.8, 4) is 0 Å². The van der Waals surface area contributed by atoms with Gasteiger partial charge in [-0.1, -0.05) is 24.9 Å². The number of benzene rings is 2. The molecule has 7 nitrogen and oxygen atoms in total. The van der Waals surface area contributed by atoms with Crippen LogP contribution in [-0.4, -0.2) is 44.5 Å². The quantitative estimate of drug-likeness (QED) is 0.228. The van der Waals surface area contributed by atoms with Gasteiger partial charge in [0.05, 0.1) is 29.8 Å². The molecule has 1 aliphatic carbocycles. The largest absolute Gasteiger partial charge is 0.416 e. The first-order valence-corrected chi connectivity index (χ1v) is 15.9. The predicted molar refractivity (Wildman–Crippen MR) is 159 cm³/mol. The monoisotopic (exact) mass is 692 g/mol. The Morgan fingerprint density at radius 2 is 1.44 bits per heavy atom. The zero-order valence-electron chi connectivity index (χ0n) is 26.4. The van der Waals surface area contributed by atoms with Crippen LogP contribution >= 0.6 is 0 Å². The Morgan fingerprint density at radius 3 is 1.96 bits per heavy atom. The zero-order chi connectivity index (χ0) is 35.0. The number of halogens is 9. The van der Waals surface area contributed by atoms with Crippen molar-refractivity contribution in [2.24, 2.45) is 18.9 Å². The molecule has 3 aromatic rings. The molecule has 0 amide bonds. The molecule has 0 bridgehead atoms. The van der Waals surface area contributed by atoms with Gasteiger partial charge in [0, 0.05) is 31.4 Å². The van der Waals surface area contributed by atoms with Crippen LogP contribution in [-0.2, 0) is 32.1 Å². The van der Waals surface area contributed by atoms with E-state index in [1.54, 1.807) is 0 Å². The van der Waals surface area contributed by atoms with Gasteiger partial charge in [0.1, 0.15) is 0 Å². The minimum atomic E-state index is -5.09. The average molecular weight is 693 g/mol. The number of aryl methyl sites for hydroxylation is 1. The van der Waals surface area contributed by atoms with Gasteiger partial charge in [0.2, 0.25) is 0 Å². The fourth-order valence-electron chi connectivity index (χ4n) is 7.08. The van der Waals surface area contributed by atoms with Crippen LogP contribution in [0.3, 0.4) is 0 Å². The molecule has 0 spiro atoms. The van der Waals surface area contributed by atoms with Crippen LogP contribution in [0.1, 0.15) is 85.7 Å². The van der Waals surface area contributed by atoms with E-state index in [2.05, 4.69) is 20.3 Å². The van der Waals surface area contributed by atoms with Gasteiger partial charge in [-0.3, -0.25) is 0 Å². The molecule has 1 fully saturated rings. The van der Waals surface area contributed by atoms with Crippen LogP contribution in [0.15, 0.2) is 36.4 Å². The number of hydrogen-bond donors (Lipinski definition) is 1. The van der Waals surface area contributed by atoms with Gasteiger partial charge in [-0.05, 0) is 96.7 Å². The molecule has 2 aliphatic rings. The molecule has 0 saturated heterocycles.